The summed E-state index contributed by atoms with van der Waals surface area (Å²) in [7, 11) is 2.15. The van der Waals surface area contributed by atoms with E-state index in [9.17, 15) is 4.39 Å². The van der Waals surface area contributed by atoms with Crippen molar-refractivity contribution in [2.45, 2.75) is 25.8 Å². The summed E-state index contributed by atoms with van der Waals surface area (Å²) in [6.07, 6.45) is 2.02. The number of H-pyrrole nitrogens is 1. The molecule has 2 nitrogen and oxygen atoms in total. The van der Waals surface area contributed by atoms with E-state index in [0.29, 0.717) is 6.04 Å². The van der Waals surface area contributed by atoms with E-state index < -0.39 is 0 Å². The average molecular weight is 232 g/mol. The molecule has 90 valence electrons. The number of likely N-dealkylation sites (N-methyl/N-ethyl adjacent to an activating group) is 1. The zero-order chi connectivity index (χ0) is 12.0. The molecular weight excluding hydrogens is 215 g/mol. The molecule has 1 aliphatic heterocycles. The fourth-order valence-electron chi connectivity index (χ4n) is 2.70. The summed E-state index contributed by atoms with van der Waals surface area (Å²) in [5, 5.41) is 1.06. The highest BCUT2D eigenvalue weighted by Gasteiger charge is 2.20. The Morgan fingerprint density at radius 2 is 2.24 bits per heavy atom. The molecular formula is C14H17FN2. The number of aromatic amines is 1. The molecule has 0 saturated heterocycles. The topological polar surface area (TPSA) is 19.0 Å². The van der Waals surface area contributed by atoms with Crippen LogP contribution in [0.2, 0.25) is 0 Å². The number of halogens is 1. The van der Waals surface area contributed by atoms with Crippen LogP contribution in [0, 0.1) is 5.82 Å². The molecule has 1 unspecified atom stereocenters. The standard InChI is InChI=1S/C14H17FN2/c1-9-7-14-11(5-6-17(9)2)12-8-10(15)3-4-13(12)16-14/h3-4,8-9,16H,5-7H2,1-2H3. The van der Waals surface area contributed by atoms with Gasteiger partial charge in [0.15, 0.2) is 0 Å². The summed E-state index contributed by atoms with van der Waals surface area (Å²) in [5.41, 5.74) is 3.64. The molecule has 0 radical (unpaired) electrons. The van der Waals surface area contributed by atoms with Gasteiger partial charge in [0.25, 0.3) is 0 Å². The van der Waals surface area contributed by atoms with Crippen LogP contribution in [0.25, 0.3) is 10.9 Å². The summed E-state index contributed by atoms with van der Waals surface area (Å²) in [6.45, 7) is 3.28. The van der Waals surface area contributed by atoms with E-state index in [1.165, 1.54) is 17.3 Å². The number of hydrogen-bond donors (Lipinski definition) is 1. The van der Waals surface area contributed by atoms with Gasteiger partial charge in [-0.25, -0.2) is 4.39 Å². The van der Waals surface area contributed by atoms with Crippen molar-refractivity contribution in [2.24, 2.45) is 0 Å². The molecule has 1 N–H and O–H groups in total. The van der Waals surface area contributed by atoms with Crippen LogP contribution in [0.4, 0.5) is 4.39 Å². The number of nitrogens with zero attached hydrogens (tertiary/aromatic N) is 1. The molecule has 2 aromatic rings. The van der Waals surface area contributed by atoms with Crippen LogP contribution < -0.4 is 0 Å². The van der Waals surface area contributed by atoms with Gasteiger partial charge in [-0.3, -0.25) is 0 Å². The van der Waals surface area contributed by atoms with Crippen molar-refractivity contribution < 1.29 is 4.39 Å². The third kappa shape index (κ3) is 1.75. The Balaban J connectivity index is 2.15. The number of fused-ring (bicyclic) bond motifs is 3. The number of benzene rings is 1. The number of rotatable bonds is 0. The Hall–Kier alpha value is -1.35. The lowest BCUT2D eigenvalue weighted by molar-refractivity contribution is 0.267. The summed E-state index contributed by atoms with van der Waals surface area (Å²) in [5.74, 6) is -0.148. The van der Waals surface area contributed by atoms with E-state index in [2.05, 4.69) is 23.9 Å². The van der Waals surface area contributed by atoms with Crippen molar-refractivity contribution in [3.8, 4) is 0 Å². The second kappa shape index (κ2) is 3.84. The Kier molecular flexibility index (Phi) is 2.44. The van der Waals surface area contributed by atoms with Crippen molar-refractivity contribution in [1.82, 2.24) is 9.88 Å². The first-order valence-electron chi connectivity index (χ1n) is 6.14. The first kappa shape index (κ1) is 10.8. The molecule has 3 rings (SSSR count). The molecule has 0 bridgehead atoms. The quantitative estimate of drug-likeness (QED) is 0.740. The first-order chi connectivity index (χ1) is 8.15. The van der Waals surface area contributed by atoms with E-state index in [1.807, 2.05) is 6.07 Å². The molecule has 17 heavy (non-hydrogen) atoms. The maximum Gasteiger partial charge on any atom is 0.123 e. The third-order valence-electron chi connectivity index (χ3n) is 3.92. The van der Waals surface area contributed by atoms with Gasteiger partial charge < -0.3 is 9.88 Å². The minimum atomic E-state index is -0.148. The van der Waals surface area contributed by atoms with Crippen LogP contribution in [0.3, 0.4) is 0 Å². The molecule has 1 aromatic carbocycles. The average Bonchev–Trinajstić information content (AvgIpc) is 2.55. The van der Waals surface area contributed by atoms with Gasteiger partial charge in [-0.05, 0) is 44.2 Å². The van der Waals surface area contributed by atoms with E-state index in [4.69, 9.17) is 0 Å². The van der Waals surface area contributed by atoms with Crippen molar-refractivity contribution in [1.29, 1.82) is 0 Å². The molecule has 0 aliphatic carbocycles. The van der Waals surface area contributed by atoms with Gasteiger partial charge in [-0.2, -0.15) is 0 Å². The van der Waals surface area contributed by atoms with E-state index in [1.54, 1.807) is 6.07 Å². The number of aromatic nitrogens is 1. The Morgan fingerprint density at radius 3 is 3.06 bits per heavy atom. The largest absolute Gasteiger partial charge is 0.358 e. The van der Waals surface area contributed by atoms with Gasteiger partial charge in [-0.15, -0.1) is 0 Å². The van der Waals surface area contributed by atoms with Gasteiger partial charge in [0, 0.05) is 35.6 Å². The molecule has 0 amide bonds. The second-order valence-electron chi connectivity index (χ2n) is 5.06. The molecule has 3 heteroatoms. The highest BCUT2D eigenvalue weighted by atomic mass is 19.1. The fraction of sp³-hybridized carbons (Fsp3) is 0.429. The van der Waals surface area contributed by atoms with E-state index in [0.717, 1.165) is 30.3 Å². The molecule has 1 atom stereocenters. The van der Waals surface area contributed by atoms with Crippen LogP contribution in [-0.2, 0) is 12.8 Å². The SMILES string of the molecule is CC1Cc2[nH]c3ccc(F)cc3c2CCN1C. The summed E-state index contributed by atoms with van der Waals surface area (Å²) in [6, 6.07) is 5.55. The highest BCUT2D eigenvalue weighted by Crippen LogP contribution is 2.27. The summed E-state index contributed by atoms with van der Waals surface area (Å²) in [4.78, 5) is 5.80. The second-order valence-corrected chi connectivity index (χ2v) is 5.06. The van der Waals surface area contributed by atoms with Crippen LogP contribution in [0.5, 0.6) is 0 Å². The maximum absolute atomic E-state index is 13.3. The van der Waals surface area contributed by atoms with Gasteiger partial charge >= 0.3 is 0 Å². The lowest BCUT2D eigenvalue weighted by Crippen LogP contribution is -2.30. The van der Waals surface area contributed by atoms with E-state index >= 15 is 0 Å². The van der Waals surface area contributed by atoms with Crippen LogP contribution in [-0.4, -0.2) is 29.5 Å². The van der Waals surface area contributed by atoms with Gasteiger partial charge in [0.05, 0.1) is 0 Å². The van der Waals surface area contributed by atoms with Crippen LogP contribution in [0.1, 0.15) is 18.2 Å². The molecule has 1 aromatic heterocycles. The predicted octanol–water partition coefficient (Wildman–Crippen LogP) is 2.73. The molecule has 1 aliphatic rings. The smallest absolute Gasteiger partial charge is 0.123 e. The van der Waals surface area contributed by atoms with Crippen molar-refractivity contribution in [3.63, 3.8) is 0 Å². The van der Waals surface area contributed by atoms with Crippen molar-refractivity contribution >= 4 is 10.9 Å². The maximum atomic E-state index is 13.3. The van der Waals surface area contributed by atoms with Gasteiger partial charge in [0.1, 0.15) is 5.82 Å². The molecule has 0 spiro atoms. The monoisotopic (exact) mass is 232 g/mol. The lowest BCUT2D eigenvalue weighted by Gasteiger charge is -2.21. The van der Waals surface area contributed by atoms with E-state index in [-0.39, 0.29) is 5.82 Å². The Labute approximate surface area is 100 Å². The lowest BCUT2D eigenvalue weighted by atomic mass is 10.1. The Morgan fingerprint density at radius 1 is 1.41 bits per heavy atom. The molecule has 2 heterocycles. The minimum absolute atomic E-state index is 0.148. The van der Waals surface area contributed by atoms with Gasteiger partial charge in [-0.1, -0.05) is 0 Å². The highest BCUT2D eigenvalue weighted by molar-refractivity contribution is 5.84. The normalized spacial score (nSPS) is 21.5. The minimum Gasteiger partial charge on any atom is -0.358 e. The molecule has 0 fully saturated rings. The zero-order valence-electron chi connectivity index (χ0n) is 10.3. The van der Waals surface area contributed by atoms with Crippen molar-refractivity contribution in [2.75, 3.05) is 13.6 Å². The third-order valence-corrected chi connectivity index (χ3v) is 3.92. The summed E-state index contributed by atoms with van der Waals surface area (Å²) < 4.78 is 13.3. The predicted molar refractivity (Wildman–Crippen MR) is 67.8 cm³/mol. The number of nitrogens with one attached hydrogen (secondary N) is 1. The first-order valence-corrected chi connectivity index (χ1v) is 6.14. The Bertz CT molecular complexity index is 559. The number of hydrogen-bond acceptors (Lipinski definition) is 1. The zero-order valence-corrected chi connectivity index (χ0v) is 10.3. The van der Waals surface area contributed by atoms with Crippen LogP contribution >= 0.6 is 0 Å². The van der Waals surface area contributed by atoms with Crippen LogP contribution in [0.15, 0.2) is 18.2 Å². The van der Waals surface area contributed by atoms with Crippen molar-refractivity contribution in [3.05, 3.63) is 35.3 Å². The fourth-order valence-corrected chi connectivity index (χ4v) is 2.70. The molecule has 0 saturated carbocycles. The summed E-state index contributed by atoms with van der Waals surface area (Å²) >= 11 is 0. The van der Waals surface area contributed by atoms with Gasteiger partial charge in [0.2, 0.25) is 0 Å².